The van der Waals surface area contributed by atoms with Crippen molar-refractivity contribution in [1.82, 2.24) is 0 Å². The van der Waals surface area contributed by atoms with Crippen molar-refractivity contribution < 1.29 is 14.6 Å². The molecule has 1 N–H and O–H groups in total. The smallest absolute Gasteiger partial charge is 0.333 e. The third kappa shape index (κ3) is 1.75. The molecule has 3 nitrogen and oxygen atoms in total. The summed E-state index contributed by atoms with van der Waals surface area (Å²) in [5.74, 6) is 0.0571. The van der Waals surface area contributed by atoms with Gasteiger partial charge in [-0.2, -0.15) is 11.8 Å². The van der Waals surface area contributed by atoms with E-state index in [2.05, 4.69) is 0 Å². The van der Waals surface area contributed by atoms with Gasteiger partial charge in [-0.05, 0) is 19.1 Å². The average Bonchev–Trinajstić information content (AvgIpc) is 2.71. The molecule has 0 aromatic heterocycles. The van der Waals surface area contributed by atoms with Crippen LogP contribution in [0.5, 0.6) is 0 Å². The molecule has 0 radical (unpaired) electrons. The molecule has 70 valence electrons. The van der Waals surface area contributed by atoms with Gasteiger partial charge in [0.1, 0.15) is 0 Å². The maximum Gasteiger partial charge on any atom is 0.333 e. The van der Waals surface area contributed by atoms with E-state index in [1.54, 1.807) is 11.8 Å². The second-order valence-electron chi connectivity index (χ2n) is 3.25. The van der Waals surface area contributed by atoms with Gasteiger partial charge in [0.05, 0.1) is 0 Å². The Balaban J connectivity index is 2.58. The second-order valence-corrected chi connectivity index (χ2v) is 4.12. The highest BCUT2D eigenvalue weighted by Gasteiger charge is 2.52. The summed E-state index contributed by atoms with van der Waals surface area (Å²) in [4.78, 5) is 10.8. The third-order valence-corrected chi connectivity index (χ3v) is 3.20. The van der Waals surface area contributed by atoms with Gasteiger partial charge in [0, 0.05) is 18.3 Å². The lowest BCUT2D eigenvalue weighted by atomic mass is 10.0. The number of carboxylic acids is 1. The summed E-state index contributed by atoms with van der Waals surface area (Å²) in [5.41, 5.74) is -0.0694. The van der Waals surface area contributed by atoms with E-state index in [9.17, 15) is 4.79 Å². The zero-order valence-electron chi connectivity index (χ0n) is 7.37. The lowest BCUT2D eigenvalue weighted by Crippen LogP contribution is -2.34. The van der Waals surface area contributed by atoms with Crippen LogP contribution in [0.3, 0.4) is 0 Å². The van der Waals surface area contributed by atoms with Gasteiger partial charge in [0.2, 0.25) is 0 Å². The summed E-state index contributed by atoms with van der Waals surface area (Å²) in [7, 11) is 1.47. The van der Waals surface area contributed by atoms with Crippen molar-refractivity contribution in [2.24, 2.45) is 5.41 Å². The number of rotatable bonds is 5. The van der Waals surface area contributed by atoms with Crippen LogP contribution in [0.4, 0.5) is 0 Å². The minimum Gasteiger partial charge on any atom is -0.479 e. The van der Waals surface area contributed by atoms with Crippen molar-refractivity contribution in [2.75, 3.05) is 19.1 Å². The molecule has 1 atom stereocenters. The minimum absolute atomic E-state index is 0.0694. The first kappa shape index (κ1) is 9.86. The number of aliphatic carboxylic acids is 1. The molecule has 0 aromatic carbocycles. The lowest BCUT2D eigenvalue weighted by molar-refractivity contribution is -0.152. The van der Waals surface area contributed by atoms with E-state index in [1.165, 1.54) is 7.11 Å². The summed E-state index contributed by atoms with van der Waals surface area (Å²) >= 11 is 1.69. The number of methoxy groups -OCH3 is 1. The predicted octanol–water partition coefficient (Wildman–Crippen LogP) is 1.23. The van der Waals surface area contributed by atoms with E-state index in [0.29, 0.717) is 0 Å². The van der Waals surface area contributed by atoms with Crippen molar-refractivity contribution in [2.45, 2.75) is 18.9 Å². The van der Waals surface area contributed by atoms with Crippen molar-refractivity contribution in [3.63, 3.8) is 0 Å². The van der Waals surface area contributed by atoms with Crippen LogP contribution in [0, 0.1) is 5.41 Å². The summed E-state index contributed by atoms with van der Waals surface area (Å²) < 4.78 is 4.98. The van der Waals surface area contributed by atoms with Crippen LogP contribution in [0.2, 0.25) is 0 Å². The van der Waals surface area contributed by atoms with Gasteiger partial charge in [-0.25, -0.2) is 4.79 Å². The van der Waals surface area contributed by atoms with E-state index in [0.717, 1.165) is 18.6 Å². The highest BCUT2D eigenvalue weighted by atomic mass is 32.2. The van der Waals surface area contributed by atoms with E-state index >= 15 is 0 Å². The minimum atomic E-state index is -0.830. The molecule has 1 unspecified atom stereocenters. The molecule has 1 aliphatic rings. The average molecular weight is 190 g/mol. The fourth-order valence-corrected chi connectivity index (χ4v) is 2.56. The van der Waals surface area contributed by atoms with Gasteiger partial charge >= 0.3 is 5.97 Å². The van der Waals surface area contributed by atoms with Gasteiger partial charge < -0.3 is 9.84 Å². The Morgan fingerprint density at radius 3 is 2.58 bits per heavy atom. The molecule has 1 saturated carbocycles. The fraction of sp³-hybridized carbons (Fsp3) is 0.875. The molecule has 0 heterocycles. The number of hydrogen-bond acceptors (Lipinski definition) is 3. The summed E-state index contributed by atoms with van der Waals surface area (Å²) in [6, 6.07) is 0. The SMILES string of the molecule is COC(C(=O)O)C1(CSC)CC1. The highest BCUT2D eigenvalue weighted by molar-refractivity contribution is 7.98. The van der Waals surface area contributed by atoms with E-state index in [1.807, 2.05) is 6.26 Å². The van der Waals surface area contributed by atoms with Gasteiger partial charge in [-0.3, -0.25) is 0 Å². The molecule has 0 bridgehead atoms. The van der Waals surface area contributed by atoms with Crippen LogP contribution in [-0.4, -0.2) is 36.3 Å². The zero-order valence-corrected chi connectivity index (χ0v) is 8.19. The predicted molar refractivity (Wildman–Crippen MR) is 48.5 cm³/mol. The Morgan fingerprint density at radius 1 is 1.75 bits per heavy atom. The van der Waals surface area contributed by atoms with E-state index in [-0.39, 0.29) is 5.41 Å². The first-order chi connectivity index (χ1) is 5.66. The molecule has 0 amide bonds. The fourth-order valence-electron chi connectivity index (χ4n) is 1.54. The molecule has 1 aliphatic carbocycles. The Labute approximate surface area is 76.5 Å². The summed E-state index contributed by atoms with van der Waals surface area (Å²) in [5, 5.41) is 8.84. The molecular weight excluding hydrogens is 176 g/mol. The number of ether oxygens (including phenoxy) is 1. The molecular formula is C8H14O3S. The van der Waals surface area contributed by atoms with Gasteiger partial charge in [-0.1, -0.05) is 0 Å². The number of hydrogen-bond donors (Lipinski definition) is 1. The maximum absolute atomic E-state index is 10.8. The van der Waals surface area contributed by atoms with Crippen LogP contribution in [0.15, 0.2) is 0 Å². The number of thioether (sulfide) groups is 1. The Morgan fingerprint density at radius 2 is 2.33 bits per heavy atom. The van der Waals surface area contributed by atoms with Crippen LogP contribution in [0.1, 0.15) is 12.8 Å². The monoisotopic (exact) mass is 190 g/mol. The quantitative estimate of drug-likeness (QED) is 0.708. The molecule has 0 saturated heterocycles. The Hall–Kier alpha value is -0.220. The third-order valence-electron chi connectivity index (χ3n) is 2.34. The van der Waals surface area contributed by atoms with Crippen molar-refractivity contribution >= 4 is 17.7 Å². The first-order valence-corrected chi connectivity index (χ1v) is 5.30. The van der Waals surface area contributed by atoms with Gasteiger partial charge in [0.25, 0.3) is 0 Å². The van der Waals surface area contributed by atoms with Crippen LogP contribution in [-0.2, 0) is 9.53 Å². The zero-order chi connectivity index (χ0) is 9.19. The topological polar surface area (TPSA) is 46.5 Å². The Kier molecular flexibility index (Phi) is 3.01. The van der Waals surface area contributed by atoms with Gasteiger partial charge in [-0.15, -0.1) is 0 Å². The molecule has 4 heteroatoms. The normalized spacial score (nSPS) is 21.8. The largest absolute Gasteiger partial charge is 0.479 e. The maximum atomic E-state index is 10.8. The van der Waals surface area contributed by atoms with E-state index in [4.69, 9.17) is 9.84 Å². The van der Waals surface area contributed by atoms with Crippen LogP contribution >= 0.6 is 11.8 Å². The van der Waals surface area contributed by atoms with E-state index < -0.39 is 12.1 Å². The van der Waals surface area contributed by atoms with Crippen LogP contribution in [0.25, 0.3) is 0 Å². The van der Waals surface area contributed by atoms with Crippen LogP contribution < -0.4 is 0 Å². The summed E-state index contributed by atoms with van der Waals surface area (Å²) in [6.07, 6.45) is 3.36. The molecule has 12 heavy (non-hydrogen) atoms. The number of carbonyl (C=O) groups is 1. The molecule has 0 spiro atoms. The van der Waals surface area contributed by atoms with Crippen molar-refractivity contribution in [1.29, 1.82) is 0 Å². The van der Waals surface area contributed by atoms with Crippen molar-refractivity contribution in [3.05, 3.63) is 0 Å². The number of carboxylic acid groups (broad SMARTS) is 1. The standard InChI is InChI=1S/C8H14O3S/c1-11-6(7(9)10)8(3-4-8)5-12-2/h6H,3-5H2,1-2H3,(H,9,10). The first-order valence-electron chi connectivity index (χ1n) is 3.91. The summed E-state index contributed by atoms with van der Waals surface area (Å²) in [6.45, 7) is 0. The molecule has 1 fully saturated rings. The molecule has 1 rings (SSSR count). The van der Waals surface area contributed by atoms with Gasteiger partial charge in [0.15, 0.2) is 6.10 Å². The molecule has 0 aliphatic heterocycles. The Bertz CT molecular complexity index is 177. The lowest BCUT2D eigenvalue weighted by Gasteiger charge is -2.20. The second kappa shape index (κ2) is 3.66. The molecule has 0 aromatic rings. The van der Waals surface area contributed by atoms with Crippen molar-refractivity contribution in [3.8, 4) is 0 Å². The highest BCUT2D eigenvalue weighted by Crippen LogP contribution is 2.51.